The molecule has 0 bridgehead atoms. The molecular weight excluding hydrogens is 208 g/mol. The highest BCUT2D eigenvalue weighted by Crippen LogP contribution is 2.20. The maximum absolute atomic E-state index is 5.76. The first-order chi connectivity index (χ1) is 8.25. The first-order valence-corrected chi connectivity index (χ1v) is 6.37. The Morgan fingerprint density at radius 2 is 1.76 bits per heavy atom. The summed E-state index contributed by atoms with van der Waals surface area (Å²) in [5.41, 5.74) is 0. The monoisotopic (exact) mass is 228 g/mol. The van der Waals surface area contributed by atoms with E-state index in [1.165, 1.54) is 17.2 Å². The van der Waals surface area contributed by atoms with E-state index in [-0.39, 0.29) is 0 Å². The molecule has 2 aromatic carbocycles. The van der Waals surface area contributed by atoms with Crippen molar-refractivity contribution >= 4 is 10.8 Å². The van der Waals surface area contributed by atoms with Crippen molar-refractivity contribution in [2.45, 2.75) is 26.7 Å². The van der Waals surface area contributed by atoms with Gasteiger partial charge in [-0.05, 0) is 41.7 Å². The van der Waals surface area contributed by atoms with Crippen LogP contribution >= 0.6 is 0 Å². The summed E-state index contributed by atoms with van der Waals surface area (Å²) in [4.78, 5) is 0. The predicted molar refractivity (Wildman–Crippen MR) is 73.5 cm³/mol. The first-order valence-electron chi connectivity index (χ1n) is 6.37. The minimum absolute atomic E-state index is 0.759. The molecule has 90 valence electrons. The Morgan fingerprint density at radius 1 is 1.00 bits per heavy atom. The molecule has 0 heterocycles. The third-order valence-electron chi connectivity index (χ3n) is 2.92. The molecule has 2 aromatic rings. The van der Waals surface area contributed by atoms with Gasteiger partial charge in [-0.25, -0.2) is 0 Å². The molecule has 0 amide bonds. The Morgan fingerprint density at radius 3 is 2.53 bits per heavy atom. The topological polar surface area (TPSA) is 9.23 Å². The van der Waals surface area contributed by atoms with Gasteiger partial charge in [0, 0.05) is 0 Å². The molecule has 0 unspecified atom stereocenters. The fourth-order valence-corrected chi connectivity index (χ4v) is 1.94. The summed E-state index contributed by atoms with van der Waals surface area (Å²) >= 11 is 0. The Hall–Kier alpha value is -1.50. The van der Waals surface area contributed by atoms with Crippen LogP contribution in [0.15, 0.2) is 42.5 Å². The van der Waals surface area contributed by atoms with Crippen molar-refractivity contribution in [3.8, 4) is 5.75 Å². The maximum atomic E-state index is 5.76. The number of ether oxygens (including phenoxy) is 1. The maximum Gasteiger partial charge on any atom is 0.119 e. The first kappa shape index (κ1) is 12.0. The normalized spacial score (nSPS) is 11.0. The molecule has 0 saturated heterocycles. The van der Waals surface area contributed by atoms with Crippen molar-refractivity contribution in [3.05, 3.63) is 42.5 Å². The summed E-state index contributed by atoms with van der Waals surface area (Å²) in [5, 5.41) is 2.51. The molecule has 0 aliphatic heterocycles. The number of hydrogen-bond acceptors (Lipinski definition) is 1. The quantitative estimate of drug-likeness (QED) is 0.676. The van der Waals surface area contributed by atoms with E-state index in [2.05, 4.69) is 56.3 Å². The lowest BCUT2D eigenvalue weighted by molar-refractivity contribution is 0.298. The van der Waals surface area contributed by atoms with E-state index in [9.17, 15) is 0 Å². The number of rotatable bonds is 5. The van der Waals surface area contributed by atoms with E-state index in [1.54, 1.807) is 0 Å². The largest absolute Gasteiger partial charge is 0.494 e. The van der Waals surface area contributed by atoms with Crippen LogP contribution < -0.4 is 4.74 Å². The average molecular weight is 228 g/mol. The molecule has 0 fully saturated rings. The van der Waals surface area contributed by atoms with Gasteiger partial charge in [0.25, 0.3) is 0 Å². The molecule has 0 spiro atoms. The molecule has 0 saturated carbocycles. The lowest BCUT2D eigenvalue weighted by Crippen LogP contribution is -1.99. The van der Waals surface area contributed by atoms with Crippen molar-refractivity contribution in [2.24, 2.45) is 5.92 Å². The zero-order valence-electron chi connectivity index (χ0n) is 10.6. The van der Waals surface area contributed by atoms with Crippen LogP contribution in [0.4, 0.5) is 0 Å². The summed E-state index contributed by atoms with van der Waals surface area (Å²) in [5.74, 6) is 1.74. The zero-order chi connectivity index (χ0) is 12.1. The molecule has 0 N–H and O–H groups in total. The lowest BCUT2D eigenvalue weighted by Gasteiger charge is -2.08. The second-order valence-electron chi connectivity index (χ2n) is 4.89. The summed E-state index contributed by atoms with van der Waals surface area (Å²) < 4.78 is 5.76. The zero-order valence-corrected chi connectivity index (χ0v) is 10.6. The molecule has 0 aliphatic rings. The summed E-state index contributed by atoms with van der Waals surface area (Å²) in [7, 11) is 0. The van der Waals surface area contributed by atoms with Gasteiger partial charge in [0.05, 0.1) is 6.61 Å². The smallest absolute Gasteiger partial charge is 0.119 e. The molecule has 17 heavy (non-hydrogen) atoms. The van der Waals surface area contributed by atoms with Gasteiger partial charge in [-0.3, -0.25) is 0 Å². The third kappa shape index (κ3) is 3.48. The Bertz CT molecular complexity index is 474. The molecular formula is C16H20O. The molecule has 0 aromatic heterocycles. The van der Waals surface area contributed by atoms with Crippen LogP contribution in [0.25, 0.3) is 10.8 Å². The Labute approximate surface area is 103 Å². The van der Waals surface area contributed by atoms with Crippen molar-refractivity contribution in [1.82, 2.24) is 0 Å². The van der Waals surface area contributed by atoms with Crippen LogP contribution in [-0.4, -0.2) is 6.61 Å². The van der Waals surface area contributed by atoms with Crippen LogP contribution in [0, 0.1) is 5.92 Å². The van der Waals surface area contributed by atoms with Gasteiger partial charge in [0.2, 0.25) is 0 Å². The summed E-state index contributed by atoms with van der Waals surface area (Å²) in [6.45, 7) is 5.31. The van der Waals surface area contributed by atoms with Crippen LogP contribution in [0.5, 0.6) is 5.75 Å². The Balaban J connectivity index is 1.95. The molecule has 0 aliphatic carbocycles. The highest BCUT2D eigenvalue weighted by Gasteiger charge is 1.98. The van der Waals surface area contributed by atoms with E-state index in [1.807, 2.05) is 0 Å². The number of hydrogen-bond donors (Lipinski definition) is 0. The summed E-state index contributed by atoms with van der Waals surface area (Å²) in [6, 6.07) is 14.7. The van der Waals surface area contributed by atoms with Crippen molar-refractivity contribution < 1.29 is 4.74 Å². The third-order valence-corrected chi connectivity index (χ3v) is 2.92. The molecule has 0 atom stereocenters. The second-order valence-corrected chi connectivity index (χ2v) is 4.89. The standard InChI is InChI=1S/C16H20O/c1-13(2)6-5-11-17-16-10-9-14-7-3-4-8-15(14)12-16/h3-4,7-10,12-13H,5-6,11H2,1-2H3. The van der Waals surface area contributed by atoms with Gasteiger partial charge >= 0.3 is 0 Å². The molecule has 0 radical (unpaired) electrons. The predicted octanol–water partition coefficient (Wildman–Crippen LogP) is 4.65. The molecule has 1 heteroatoms. The lowest BCUT2D eigenvalue weighted by atomic mass is 10.1. The number of fused-ring (bicyclic) bond motifs is 1. The average Bonchev–Trinajstić information content (AvgIpc) is 2.34. The highest BCUT2D eigenvalue weighted by atomic mass is 16.5. The van der Waals surface area contributed by atoms with Crippen molar-refractivity contribution in [1.29, 1.82) is 0 Å². The highest BCUT2D eigenvalue weighted by molar-refractivity contribution is 5.83. The van der Waals surface area contributed by atoms with Gasteiger partial charge in [0.15, 0.2) is 0 Å². The fraction of sp³-hybridized carbons (Fsp3) is 0.375. The van der Waals surface area contributed by atoms with Crippen molar-refractivity contribution in [2.75, 3.05) is 6.61 Å². The fourth-order valence-electron chi connectivity index (χ4n) is 1.94. The molecule has 1 nitrogen and oxygen atoms in total. The van der Waals surface area contributed by atoms with Gasteiger partial charge in [-0.15, -0.1) is 0 Å². The van der Waals surface area contributed by atoms with Gasteiger partial charge in [-0.1, -0.05) is 44.2 Å². The minimum atomic E-state index is 0.759. The van der Waals surface area contributed by atoms with Crippen LogP contribution in [0.3, 0.4) is 0 Å². The van der Waals surface area contributed by atoms with Gasteiger partial charge < -0.3 is 4.74 Å². The van der Waals surface area contributed by atoms with E-state index >= 15 is 0 Å². The van der Waals surface area contributed by atoms with E-state index < -0.39 is 0 Å². The van der Waals surface area contributed by atoms with E-state index in [0.29, 0.717) is 0 Å². The number of benzene rings is 2. The van der Waals surface area contributed by atoms with Crippen LogP contribution in [0.2, 0.25) is 0 Å². The summed E-state index contributed by atoms with van der Waals surface area (Å²) in [6.07, 6.45) is 2.36. The van der Waals surface area contributed by atoms with E-state index in [4.69, 9.17) is 4.74 Å². The van der Waals surface area contributed by atoms with E-state index in [0.717, 1.165) is 24.7 Å². The Kier molecular flexibility index (Phi) is 4.03. The van der Waals surface area contributed by atoms with Crippen LogP contribution in [0.1, 0.15) is 26.7 Å². The van der Waals surface area contributed by atoms with Gasteiger partial charge in [-0.2, -0.15) is 0 Å². The van der Waals surface area contributed by atoms with Crippen molar-refractivity contribution in [3.63, 3.8) is 0 Å². The minimum Gasteiger partial charge on any atom is -0.494 e. The second kappa shape index (κ2) is 5.72. The van der Waals surface area contributed by atoms with Crippen LogP contribution in [-0.2, 0) is 0 Å². The van der Waals surface area contributed by atoms with Gasteiger partial charge in [0.1, 0.15) is 5.75 Å². The molecule has 2 rings (SSSR count). The SMILES string of the molecule is CC(C)CCCOc1ccc2ccccc2c1.